The van der Waals surface area contributed by atoms with Gasteiger partial charge >= 0.3 is 6.18 Å². The number of phenols is 1. The van der Waals surface area contributed by atoms with Gasteiger partial charge in [-0.1, -0.05) is 35.8 Å². The lowest BCUT2D eigenvalue weighted by Gasteiger charge is -2.38. The second-order valence-electron chi connectivity index (χ2n) is 10.0. The van der Waals surface area contributed by atoms with Gasteiger partial charge in [0, 0.05) is 47.3 Å². The number of ether oxygens (including phenoxy) is 1. The molecule has 1 unspecified atom stereocenters. The van der Waals surface area contributed by atoms with Gasteiger partial charge in [0.2, 0.25) is 0 Å². The Morgan fingerprint density at radius 1 is 1.06 bits per heavy atom. The van der Waals surface area contributed by atoms with Crippen molar-refractivity contribution in [3.8, 4) is 5.75 Å². The summed E-state index contributed by atoms with van der Waals surface area (Å²) in [4.78, 5) is 5.33. The van der Waals surface area contributed by atoms with Crippen molar-refractivity contribution in [2.24, 2.45) is 0 Å². The summed E-state index contributed by atoms with van der Waals surface area (Å²) in [5.74, 6) is -0.110. The van der Waals surface area contributed by atoms with Gasteiger partial charge in [0.1, 0.15) is 5.75 Å². The molecule has 3 aromatic rings. The molecule has 2 aromatic carbocycles. The van der Waals surface area contributed by atoms with Crippen molar-refractivity contribution in [3.63, 3.8) is 0 Å². The van der Waals surface area contributed by atoms with Gasteiger partial charge in [-0.2, -0.15) is 13.2 Å². The Morgan fingerprint density at radius 3 is 2.46 bits per heavy atom. The van der Waals surface area contributed by atoms with Gasteiger partial charge in [-0.3, -0.25) is 4.90 Å². The van der Waals surface area contributed by atoms with Gasteiger partial charge in [-0.05, 0) is 59.2 Å². The van der Waals surface area contributed by atoms with Crippen LogP contribution in [0.3, 0.4) is 0 Å². The number of aromatic hydroxyl groups is 1. The van der Waals surface area contributed by atoms with Crippen molar-refractivity contribution in [3.05, 3.63) is 63.8 Å². The van der Waals surface area contributed by atoms with Crippen LogP contribution in [0.15, 0.2) is 46.9 Å². The maximum Gasteiger partial charge on any atom is 0.417 e. The molecule has 4 rings (SSSR count). The number of phenolic OH excluding ortho intramolecular Hbond substituents is 1. The van der Waals surface area contributed by atoms with Gasteiger partial charge in [0.25, 0.3) is 0 Å². The first kappa shape index (κ1) is 26.0. The maximum atomic E-state index is 14.2. The molecule has 1 aliphatic rings. The highest BCUT2D eigenvalue weighted by Crippen LogP contribution is 2.45. The first-order valence-corrected chi connectivity index (χ1v) is 12.3. The number of nitrogens with zero attached hydrogens (tertiary/aromatic N) is 1. The Kier molecular flexibility index (Phi) is 7.26. The summed E-state index contributed by atoms with van der Waals surface area (Å²) < 4.78 is 48.8. The van der Waals surface area contributed by atoms with Crippen molar-refractivity contribution in [2.45, 2.75) is 50.4 Å². The first-order chi connectivity index (χ1) is 16.4. The molecule has 0 saturated carbocycles. The zero-order valence-corrected chi connectivity index (χ0v) is 21.3. The van der Waals surface area contributed by atoms with Crippen LogP contribution in [0.4, 0.5) is 13.2 Å². The number of aromatic amines is 1. The van der Waals surface area contributed by atoms with E-state index in [1.807, 2.05) is 18.2 Å². The third kappa shape index (κ3) is 5.85. The molecular weight excluding hydrogens is 525 g/mol. The number of fused-ring (bicyclic) bond motifs is 1. The van der Waals surface area contributed by atoms with Crippen LogP contribution >= 0.6 is 15.9 Å². The third-order valence-corrected chi connectivity index (χ3v) is 7.18. The normalized spacial score (nSPS) is 17.6. The number of aliphatic hydroxyl groups is 1. The fourth-order valence-corrected chi connectivity index (χ4v) is 5.27. The molecule has 0 spiro atoms. The average molecular weight is 555 g/mol. The molecule has 1 aliphatic heterocycles. The number of hydrogen-bond donors (Lipinski definition) is 3. The quantitative estimate of drug-likeness (QED) is 0.352. The zero-order chi connectivity index (χ0) is 25.4. The van der Waals surface area contributed by atoms with Crippen LogP contribution in [0.5, 0.6) is 5.75 Å². The highest BCUT2D eigenvalue weighted by Gasteiger charge is 2.56. The van der Waals surface area contributed by atoms with E-state index in [0.717, 1.165) is 36.1 Å². The molecule has 0 radical (unpaired) electrons. The molecule has 0 bridgehead atoms. The predicted molar refractivity (Wildman–Crippen MR) is 133 cm³/mol. The largest absolute Gasteiger partial charge is 0.508 e. The minimum absolute atomic E-state index is 0.110. The van der Waals surface area contributed by atoms with Crippen LogP contribution in [0.2, 0.25) is 0 Å². The highest BCUT2D eigenvalue weighted by atomic mass is 79.9. The van der Waals surface area contributed by atoms with Crippen molar-refractivity contribution in [1.82, 2.24) is 9.88 Å². The number of H-pyrrole nitrogens is 1. The van der Waals surface area contributed by atoms with E-state index in [-0.39, 0.29) is 5.75 Å². The smallest absolute Gasteiger partial charge is 0.417 e. The van der Waals surface area contributed by atoms with Crippen LogP contribution in [-0.4, -0.2) is 58.2 Å². The predicted octanol–water partition coefficient (Wildman–Crippen LogP) is 5.67. The monoisotopic (exact) mass is 554 g/mol. The number of nitrogens with one attached hydrogen (secondary N) is 1. The van der Waals surface area contributed by atoms with E-state index >= 15 is 0 Å². The van der Waals surface area contributed by atoms with Crippen LogP contribution in [0.25, 0.3) is 10.9 Å². The molecule has 1 atom stereocenters. The molecule has 9 heteroatoms. The van der Waals surface area contributed by atoms with E-state index in [2.05, 4.69) is 25.8 Å². The molecule has 0 aliphatic carbocycles. The van der Waals surface area contributed by atoms with Crippen LogP contribution < -0.4 is 0 Å². The Morgan fingerprint density at radius 2 is 1.77 bits per heavy atom. The standard InChI is InChI=1S/C26H30BrF3N2O3/c1-24(2,21-13-19(27)4-6-23(21)33)16-25(34,26(28,29)30)14-20-12-18-11-17(3-5-22(18)31-20)15-32-7-9-35-10-8-32/h3-6,11-13,31,33-34H,7-10,14-16H2,1-2H3. The molecule has 5 nitrogen and oxygen atoms in total. The lowest BCUT2D eigenvalue weighted by molar-refractivity contribution is -0.266. The van der Waals surface area contributed by atoms with Crippen molar-refractivity contribution in [2.75, 3.05) is 26.3 Å². The lowest BCUT2D eigenvalue weighted by Crippen LogP contribution is -2.50. The Labute approximate surface area is 211 Å². The van der Waals surface area contributed by atoms with Gasteiger partial charge < -0.3 is 19.9 Å². The van der Waals surface area contributed by atoms with Gasteiger partial charge in [-0.25, -0.2) is 0 Å². The van der Waals surface area contributed by atoms with Gasteiger partial charge in [0.15, 0.2) is 5.60 Å². The van der Waals surface area contributed by atoms with E-state index in [9.17, 15) is 23.4 Å². The second-order valence-corrected chi connectivity index (χ2v) is 10.9. The molecule has 1 saturated heterocycles. The van der Waals surface area contributed by atoms with Gasteiger partial charge in [0.05, 0.1) is 13.2 Å². The summed E-state index contributed by atoms with van der Waals surface area (Å²) in [6.07, 6.45) is -6.11. The van der Waals surface area contributed by atoms with Crippen LogP contribution in [0.1, 0.15) is 37.1 Å². The van der Waals surface area contributed by atoms with Crippen molar-refractivity contribution >= 4 is 26.8 Å². The zero-order valence-electron chi connectivity index (χ0n) is 19.8. The Balaban J connectivity index is 1.59. The summed E-state index contributed by atoms with van der Waals surface area (Å²) in [6, 6.07) is 12.1. The molecule has 35 heavy (non-hydrogen) atoms. The fraction of sp³-hybridized carbons (Fsp3) is 0.462. The number of halogens is 4. The minimum atomic E-state index is -4.87. The van der Waals surface area contributed by atoms with E-state index in [1.165, 1.54) is 6.07 Å². The van der Waals surface area contributed by atoms with E-state index in [0.29, 0.717) is 28.9 Å². The number of hydrogen-bond acceptors (Lipinski definition) is 4. The highest BCUT2D eigenvalue weighted by molar-refractivity contribution is 9.10. The number of benzene rings is 2. The van der Waals surface area contributed by atoms with Crippen LogP contribution in [0, 0.1) is 0 Å². The number of alkyl halides is 3. The van der Waals surface area contributed by atoms with Crippen molar-refractivity contribution in [1.29, 1.82) is 0 Å². The Bertz CT molecular complexity index is 1190. The number of aromatic nitrogens is 1. The molecule has 3 N–H and O–H groups in total. The SMILES string of the molecule is CC(C)(CC(O)(Cc1cc2cc(CN3CCOCC3)ccc2[nH]1)C(F)(F)F)c1cc(Br)ccc1O. The van der Waals surface area contributed by atoms with E-state index < -0.39 is 30.0 Å². The molecule has 0 amide bonds. The Hall–Kier alpha value is -2.07. The number of morpholine rings is 1. The summed E-state index contributed by atoms with van der Waals surface area (Å²) in [5.41, 5.74) is -1.73. The van der Waals surface area contributed by atoms with Gasteiger partial charge in [-0.15, -0.1) is 0 Å². The summed E-state index contributed by atoms with van der Waals surface area (Å²) in [6.45, 7) is 7.01. The molecule has 190 valence electrons. The van der Waals surface area contributed by atoms with Crippen molar-refractivity contribution < 1.29 is 28.1 Å². The average Bonchev–Trinajstić information content (AvgIpc) is 3.16. The second kappa shape index (κ2) is 9.76. The van der Waals surface area contributed by atoms with E-state index in [4.69, 9.17) is 4.74 Å². The van der Waals surface area contributed by atoms with Crippen LogP contribution in [-0.2, 0) is 23.1 Å². The molecular formula is C26H30BrF3N2O3. The topological polar surface area (TPSA) is 68.7 Å². The summed E-state index contributed by atoms with van der Waals surface area (Å²) >= 11 is 3.31. The number of rotatable bonds is 7. The summed E-state index contributed by atoms with van der Waals surface area (Å²) in [5, 5.41) is 22.1. The first-order valence-electron chi connectivity index (χ1n) is 11.6. The molecule has 1 aromatic heterocycles. The molecule has 2 heterocycles. The fourth-order valence-electron chi connectivity index (χ4n) is 4.91. The maximum absolute atomic E-state index is 14.2. The minimum Gasteiger partial charge on any atom is -0.508 e. The third-order valence-electron chi connectivity index (χ3n) is 6.68. The van der Waals surface area contributed by atoms with E-state index in [1.54, 1.807) is 32.0 Å². The lowest BCUT2D eigenvalue weighted by atomic mass is 9.73. The molecule has 1 fully saturated rings. The summed E-state index contributed by atoms with van der Waals surface area (Å²) in [7, 11) is 0.